The van der Waals surface area contributed by atoms with Gasteiger partial charge in [0.1, 0.15) is 5.75 Å². The predicted octanol–water partition coefficient (Wildman–Crippen LogP) is 5.08. The van der Waals surface area contributed by atoms with Crippen LogP contribution < -0.4 is 9.64 Å². The second-order valence-electron chi connectivity index (χ2n) is 8.96. The topological polar surface area (TPSA) is 70.1 Å². The first-order chi connectivity index (χ1) is 17.0. The van der Waals surface area contributed by atoms with Crippen molar-refractivity contribution in [1.82, 2.24) is 4.90 Å². The Kier molecular flexibility index (Phi) is 6.64. The molecule has 1 N–H and O–H groups in total. The van der Waals surface area contributed by atoms with Gasteiger partial charge in [0.2, 0.25) is 5.91 Å². The largest absolute Gasteiger partial charge is 0.482 e. The van der Waals surface area contributed by atoms with Gasteiger partial charge in [-0.2, -0.15) is 0 Å². The van der Waals surface area contributed by atoms with E-state index in [0.717, 1.165) is 30.5 Å². The molecule has 2 aliphatic rings. The number of para-hydroxylation sites is 1. The van der Waals surface area contributed by atoms with Crippen molar-refractivity contribution < 1.29 is 19.4 Å². The number of carboxylic acid groups (broad SMARTS) is 1. The van der Waals surface area contributed by atoms with E-state index in [1.165, 1.54) is 11.3 Å². The number of carbonyl (C=O) groups excluding carboxylic acids is 1. The first kappa shape index (κ1) is 23.2. The summed E-state index contributed by atoms with van der Waals surface area (Å²) in [5.74, 6) is -0.604. The van der Waals surface area contributed by atoms with Gasteiger partial charge >= 0.3 is 5.97 Å². The number of benzene rings is 3. The highest BCUT2D eigenvalue weighted by atomic mass is 35.5. The van der Waals surface area contributed by atoms with Crippen LogP contribution in [0.25, 0.3) is 0 Å². The van der Waals surface area contributed by atoms with Crippen LogP contribution in [-0.4, -0.2) is 41.6 Å². The maximum absolute atomic E-state index is 13.6. The maximum Gasteiger partial charge on any atom is 0.341 e. The number of carboxylic acids is 1. The highest BCUT2D eigenvalue weighted by molar-refractivity contribution is 6.30. The second kappa shape index (κ2) is 10.0. The first-order valence-corrected chi connectivity index (χ1v) is 12.2. The average molecular weight is 491 g/mol. The summed E-state index contributed by atoms with van der Waals surface area (Å²) < 4.78 is 5.60. The Morgan fingerprint density at radius 1 is 1.00 bits per heavy atom. The fourth-order valence-electron chi connectivity index (χ4n) is 5.18. The molecule has 0 spiro atoms. The number of fused-ring (bicyclic) bond motifs is 2. The molecule has 1 atom stereocenters. The zero-order valence-corrected chi connectivity index (χ0v) is 20.1. The summed E-state index contributed by atoms with van der Waals surface area (Å²) in [6.45, 7) is 1.61. The smallest absolute Gasteiger partial charge is 0.341 e. The third kappa shape index (κ3) is 4.84. The highest BCUT2D eigenvalue weighted by Gasteiger charge is 2.36. The van der Waals surface area contributed by atoms with E-state index in [4.69, 9.17) is 21.4 Å². The van der Waals surface area contributed by atoms with Crippen LogP contribution in [0.15, 0.2) is 66.7 Å². The van der Waals surface area contributed by atoms with Crippen LogP contribution in [0.3, 0.4) is 0 Å². The van der Waals surface area contributed by atoms with E-state index in [1.807, 2.05) is 35.2 Å². The highest BCUT2D eigenvalue weighted by Crippen LogP contribution is 2.43. The Morgan fingerprint density at radius 2 is 1.77 bits per heavy atom. The van der Waals surface area contributed by atoms with Crippen molar-refractivity contribution in [3.63, 3.8) is 0 Å². The molecule has 2 aliphatic heterocycles. The molecule has 2 heterocycles. The van der Waals surface area contributed by atoms with Crippen molar-refractivity contribution in [3.8, 4) is 5.75 Å². The number of anilines is 1. The van der Waals surface area contributed by atoms with Crippen LogP contribution in [-0.2, 0) is 22.6 Å². The monoisotopic (exact) mass is 490 g/mol. The molecule has 3 aromatic carbocycles. The third-order valence-electron chi connectivity index (χ3n) is 6.74. The average Bonchev–Trinajstić information content (AvgIpc) is 3.26. The van der Waals surface area contributed by atoms with E-state index < -0.39 is 18.6 Å². The van der Waals surface area contributed by atoms with Crippen LogP contribution in [0.2, 0.25) is 5.02 Å². The number of ether oxygens (including phenoxy) is 1. The molecule has 0 aliphatic carbocycles. The summed E-state index contributed by atoms with van der Waals surface area (Å²) in [7, 11) is 0. The summed E-state index contributed by atoms with van der Waals surface area (Å²) in [5.41, 5.74) is 5.31. The van der Waals surface area contributed by atoms with E-state index in [1.54, 1.807) is 18.2 Å². The molecular weight excluding hydrogens is 464 g/mol. The lowest BCUT2D eigenvalue weighted by Crippen LogP contribution is -2.36. The number of rotatable bonds is 7. The SMILES string of the molecule is O=C(O)COc1ccc(Cl)cc1C1c2ccccc2CN1C(=O)CCN1CCCc2ccccc21. The van der Waals surface area contributed by atoms with Gasteiger partial charge in [0.05, 0.1) is 6.04 Å². The van der Waals surface area contributed by atoms with Gasteiger partial charge in [-0.05, 0) is 53.8 Å². The molecule has 0 saturated heterocycles. The molecule has 6 nitrogen and oxygen atoms in total. The fraction of sp³-hybridized carbons (Fsp3) is 0.286. The number of aliphatic carboxylic acids is 1. The van der Waals surface area contributed by atoms with Crippen LogP contribution in [0.1, 0.15) is 41.1 Å². The van der Waals surface area contributed by atoms with Crippen LogP contribution >= 0.6 is 11.6 Å². The maximum atomic E-state index is 13.6. The standard InChI is InChI=1S/C28H27ClN2O4/c29-21-11-12-25(35-18-27(33)34)23(16-21)28-22-9-3-1-7-20(22)17-31(28)26(32)13-15-30-14-5-8-19-6-2-4-10-24(19)30/h1-4,6-7,9-12,16,28H,5,8,13-15,17-18H2,(H,33,34). The van der Waals surface area contributed by atoms with Crippen molar-refractivity contribution >= 4 is 29.2 Å². The molecule has 0 saturated carbocycles. The molecule has 0 radical (unpaired) electrons. The number of carbonyl (C=O) groups is 2. The zero-order valence-electron chi connectivity index (χ0n) is 19.3. The molecule has 1 amide bonds. The van der Waals surface area contributed by atoms with Crippen LogP contribution in [0, 0.1) is 0 Å². The fourth-order valence-corrected chi connectivity index (χ4v) is 5.36. The minimum absolute atomic E-state index is 0.0402. The predicted molar refractivity (Wildman–Crippen MR) is 135 cm³/mol. The minimum atomic E-state index is -1.06. The third-order valence-corrected chi connectivity index (χ3v) is 6.98. The van der Waals surface area contributed by atoms with Gasteiger partial charge in [-0.15, -0.1) is 0 Å². The minimum Gasteiger partial charge on any atom is -0.482 e. The second-order valence-corrected chi connectivity index (χ2v) is 9.39. The zero-order chi connectivity index (χ0) is 24.4. The Morgan fingerprint density at radius 3 is 2.60 bits per heavy atom. The first-order valence-electron chi connectivity index (χ1n) is 11.9. The van der Waals surface area contributed by atoms with Crippen molar-refractivity contribution in [2.24, 2.45) is 0 Å². The lowest BCUT2D eigenvalue weighted by molar-refractivity contribution is -0.139. The lowest BCUT2D eigenvalue weighted by Gasteiger charge is -2.32. The summed E-state index contributed by atoms with van der Waals surface area (Å²) in [6, 6.07) is 21.1. The Balaban J connectivity index is 1.42. The van der Waals surface area contributed by atoms with Crippen molar-refractivity contribution in [1.29, 1.82) is 0 Å². The summed E-state index contributed by atoms with van der Waals surface area (Å²) in [4.78, 5) is 29.0. The number of hydrogen-bond donors (Lipinski definition) is 1. The molecule has 5 rings (SSSR count). The van der Waals surface area contributed by atoms with Crippen LogP contribution in [0.5, 0.6) is 5.75 Å². The molecule has 1 unspecified atom stereocenters. The van der Waals surface area contributed by atoms with Crippen LogP contribution in [0.4, 0.5) is 5.69 Å². The van der Waals surface area contributed by atoms with Gasteiger partial charge in [-0.1, -0.05) is 54.1 Å². The van der Waals surface area contributed by atoms with Crippen molar-refractivity contribution in [3.05, 3.63) is 94.0 Å². The Bertz CT molecular complexity index is 1260. The molecule has 3 aromatic rings. The number of amides is 1. The van der Waals surface area contributed by atoms with E-state index >= 15 is 0 Å². The Labute approximate surface area is 209 Å². The number of halogens is 1. The van der Waals surface area contributed by atoms with Crippen molar-refractivity contribution in [2.45, 2.75) is 31.8 Å². The van der Waals surface area contributed by atoms with Gasteiger partial charge in [-0.25, -0.2) is 4.79 Å². The van der Waals surface area contributed by atoms with E-state index in [9.17, 15) is 9.59 Å². The molecule has 7 heteroatoms. The number of hydrogen-bond acceptors (Lipinski definition) is 4. The quantitative estimate of drug-likeness (QED) is 0.500. The van der Waals surface area contributed by atoms with Gasteiger partial charge in [0.25, 0.3) is 0 Å². The van der Waals surface area contributed by atoms with E-state index in [2.05, 4.69) is 23.1 Å². The van der Waals surface area contributed by atoms with Crippen molar-refractivity contribution in [2.75, 3.05) is 24.6 Å². The molecule has 35 heavy (non-hydrogen) atoms. The van der Waals surface area contributed by atoms with Gasteiger partial charge < -0.3 is 19.6 Å². The molecule has 0 aromatic heterocycles. The van der Waals surface area contributed by atoms with Gasteiger partial charge in [0.15, 0.2) is 6.61 Å². The Hall–Kier alpha value is -3.51. The molecule has 0 bridgehead atoms. The van der Waals surface area contributed by atoms with Gasteiger partial charge in [0, 0.05) is 42.3 Å². The molecule has 180 valence electrons. The lowest BCUT2D eigenvalue weighted by atomic mass is 9.97. The van der Waals surface area contributed by atoms with E-state index in [0.29, 0.717) is 35.8 Å². The van der Waals surface area contributed by atoms with E-state index in [-0.39, 0.29) is 5.91 Å². The molecular formula is C28H27ClN2O4. The molecule has 0 fully saturated rings. The summed E-state index contributed by atoms with van der Waals surface area (Å²) in [5, 5.41) is 9.63. The normalized spacial score (nSPS) is 16.5. The number of aryl methyl sites for hydroxylation is 1. The van der Waals surface area contributed by atoms with Gasteiger partial charge in [-0.3, -0.25) is 4.79 Å². The summed E-state index contributed by atoms with van der Waals surface area (Å²) in [6.07, 6.45) is 2.53. The number of nitrogens with zero attached hydrogens (tertiary/aromatic N) is 2. The summed E-state index contributed by atoms with van der Waals surface area (Å²) >= 11 is 6.34.